The molecular formula is C15H16O6. The second-order valence-corrected chi connectivity index (χ2v) is 4.38. The number of hydrogen-bond acceptors (Lipinski definition) is 6. The van der Waals surface area contributed by atoms with Crippen molar-refractivity contribution in [3.05, 3.63) is 24.3 Å². The minimum Gasteiger partial charge on any atom is -0.493 e. The summed E-state index contributed by atoms with van der Waals surface area (Å²) in [6.45, 7) is 0. The van der Waals surface area contributed by atoms with Gasteiger partial charge < -0.3 is 18.9 Å². The van der Waals surface area contributed by atoms with Crippen LogP contribution in [0.1, 0.15) is 6.42 Å². The first-order valence-electron chi connectivity index (χ1n) is 6.32. The van der Waals surface area contributed by atoms with Gasteiger partial charge in [0.1, 0.15) is 11.7 Å². The Bertz CT molecular complexity index is 565. The largest absolute Gasteiger partial charge is 0.493 e. The zero-order chi connectivity index (χ0) is 15.4. The SMILES string of the molecule is COc1cc(OC(=O)C2CC=CC2=O)cc(OC)c1OC. The molecule has 6 nitrogen and oxygen atoms in total. The molecule has 2 rings (SSSR count). The Hall–Kier alpha value is -2.50. The van der Waals surface area contributed by atoms with E-state index in [4.69, 9.17) is 18.9 Å². The van der Waals surface area contributed by atoms with E-state index in [1.54, 1.807) is 6.08 Å². The van der Waals surface area contributed by atoms with Crippen molar-refractivity contribution < 1.29 is 28.5 Å². The molecule has 0 spiro atoms. The van der Waals surface area contributed by atoms with Crippen LogP contribution in [0.15, 0.2) is 24.3 Å². The topological polar surface area (TPSA) is 71.1 Å². The second kappa shape index (κ2) is 6.30. The highest BCUT2D eigenvalue weighted by Crippen LogP contribution is 2.41. The third-order valence-corrected chi connectivity index (χ3v) is 3.14. The Balaban J connectivity index is 2.24. The number of rotatable bonds is 5. The highest BCUT2D eigenvalue weighted by molar-refractivity contribution is 6.07. The highest BCUT2D eigenvalue weighted by Gasteiger charge is 2.29. The van der Waals surface area contributed by atoms with Gasteiger partial charge in [0.2, 0.25) is 5.75 Å². The molecule has 0 amide bonds. The number of ketones is 1. The van der Waals surface area contributed by atoms with Gasteiger partial charge in [-0.15, -0.1) is 0 Å². The van der Waals surface area contributed by atoms with E-state index < -0.39 is 11.9 Å². The van der Waals surface area contributed by atoms with Crippen molar-refractivity contribution in [2.24, 2.45) is 5.92 Å². The van der Waals surface area contributed by atoms with Gasteiger partial charge in [0.25, 0.3) is 0 Å². The fourth-order valence-corrected chi connectivity index (χ4v) is 2.07. The normalized spacial score (nSPS) is 16.7. The molecule has 0 N–H and O–H groups in total. The summed E-state index contributed by atoms with van der Waals surface area (Å²) >= 11 is 0. The maximum atomic E-state index is 12.0. The van der Waals surface area contributed by atoms with Gasteiger partial charge in [-0.25, -0.2) is 0 Å². The van der Waals surface area contributed by atoms with Crippen LogP contribution in [-0.2, 0) is 9.59 Å². The Morgan fingerprint density at radius 2 is 1.71 bits per heavy atom. The van der Waals surface area contributed by atoms with Crippen LogP contribution in [0.25, 0.3) is 0 Å². The molecule has 1 aliphatic carbocycles. The molecule has 0 bridgehead atoms. The molecular weight excluding hydrogens is 276 g/mol. The molecule has 112 valence electrons. The summed E-state index contributed by atoms with van der Waals surface area (Å²) in [6.07, 6.45) is 3.41. The number of ether oxygens (including phenoxy) is 4. The molecule has 0 saturated carbocycles. The lowest BCUT2D eigenvalue weighted by Crippen LogP contribution is -2.24. The van der Waals surface area contributed by atoms with E-state index in [2.05, 4.69) is 0 Å². The van der Waals surface area contributed by atoms with Crippen molar-refractivity contribution in [1.29, 1.82) is 0 Å². The van der Waals surface area contributed by atoms with Crippen LogP contribution in [0.3, 0.4) is 0 Å². The van der Waals surface area contributed by atoms with Gasteiger partial charge in [-0.05, 0) is 12.5 Å². The summed E-state index contributed by atoms with van der Waals surface area (Å²) in [5.74, 6) is -0.241. The van der Waals surface area contributed by atoms with Crippen molar-refractivity contribution in [1.82, 2.24) is 0 Å². The number of carbonyl (C=O) groups is 2. The number of esters is 1. The first-order chi connectivity index (χ1) is 10.1. The average Bonchev–Trinajstić information content (AvgIpc) is 2.92. The summed E-state index contributed by atoms with van der Waals surface area (Å²) in [6, 6.07) is 3.01. The van der Waals surface area contributed by atoms with E-state index in [0.717, 1.165) is 0 Å². The van der Waals surface area contributed by atoms with Crippen LogP contribution in [0.4, 0.5) is 0 Å². The quantitative estimate of drug-likeness (QED) is 0.468. The van der Waals surface area contributed by atoms with Crippen molar-refractivity contribution in [2.45, 2.75) is 6.42 Å². The zero-order valence-corrected chi connectivity index (χ0v) is 12.0. The third kappa shape index (κ3) is 2.99. The van der Waals surface area contributed by atoms with Crippen molar-refractivity contribution >= 4 is 11.8 Å². The zero-order valence-electron chi connectivity index (χ0n) is 12.0. The smallest absolute Gasteiger partial charge is 0.322 e. The molecule has 1 atom stereocenters. The van der Waals surface area contributed by atoms with Gasteiger partial charge in [-0.2, -0.15) is 0 Å². The van der Waals surface area contributed by atoms with Crippen molar-refractivity contribution in [3.8, 4) is 23.0 Å². The van der Waals surface area contributed by atoms with Gasteiger partial charge in [-0.1, -0.05) is 6.08 Å². The van der Waals surface area contributed by atoms with E-state index in [9.17, 15) is 9.59 Å². The molecule has 1 aliphatic rings. The Morgan fingerprint density at radius 3 is 2.14 bits per heavy atom. The number of benzene rings is 1. The molecule has 1 unspecified atom stereocenters. The van der Waals surface area contributed by atoms with E-state index in [1.807, 2.05) is 0 Å². The molecule has 1 aromatic rings. The van der Waals surface area contributed by atoms with Gasteiger partial charge in [0.05, 0.1) is 21.3 Å². The predicted molar refractivity (Wildman–Crippen MR) is 74.0 cm³/mol. The van der Waals surface area contributed by atoms with Crippen LogP contribution >= 0.6 is 0 Å². The molecule has 6 heteroatoms. The second-order valence-electron chi connectivity index (χ2n) is 4.38. The van der Waals surface area contributed by atoms with Gasteiger partial charge in [0, 0.05) is 12.1 Å². The van der Waals surface area contributed by atoms with Crippen LogP contribution < -0.4 is 18.9 Å². The maximum Gasteiger partial charge on any atom is 0.322 e. The van der Waals surface area contributed by atoms with E-state index in [0.29, 0.717) is 23.7 Å². The molecule has 0 radical (unpaired) electrons. The number of hydrogen-bond donors (Lipinski definition) is 0. The monoisotopic (exact) mass is 292 g/mol. The van der Waals surface area contributed by atoms with E-state index in [-0.39, 0.29) is 11.5 Å². The van der Waals surface area contributed by atoms with E-state index >= 15 is 0 Å². The van der Waals surface area contributed by atoms with Crippen molar-refractivity contribution in [3.63, 3.8) is 0 Å². The summed E-state index contributed by atoms with van der Waals surface area (Å²) in [5, 5.41) is 0. The molecule has 1 aromatic carbocycles. The van der Waals surface area contributed by atoms with Crippen LogP contribution in [0.2, 0.25) is 0 Å². The summed E-state index contributed by atoms with van der Waals surface area (Å²) < 4.78 is 20.8. The number of methoxy groups -OCH3 is 3. The lowest BCUT2D eigenvalue weighted by Gasteiger charge is -2.15. The molecule has 0 aromatic heterocycles. The average molecular weight is 292 g/mol. The lowest BCUT2D eigenvalue weighted by atomic mass is 10.1. The summed E-state index contributed by atoms with van der Waals surface area (Å²) in [4.78, 5) is 23.5. The first kappa shape index (κ1) is 14.9. The first-order valence-corrected chi connectivity index (χ1v) is 6.32. The summed E-state index contributed by atoms with van der Waals surface area (Å²) in [7, 11) is 4.41. The molecule has 0 aliphatic heterocycles. The van der Waals surface area contributed by atoms with Crippen LogP contribution in [-0.4, -0.2) is 33.1 Å². The highest BCUT2D eigenvalue weighted by atomic mass is 16.5. The van der Waals surface area contributed by atoms with E-state index in [1.165, 1.54) is 39.5 Å². The Morgan fingerprint density at radius 1 is 1.10 bits per heavy atom. The van der Waals surface area contributed by atoms with Gasteiger partial charge in [-0.3, -0.25) is 9.59 Å². The Kier molecular flexibility index (Phi) is 4.47. The Labute approximate surface area is 122 Å². The third-order valence-electron chi connectivity index (χ3n) is 3.14. The standard InChI is InChI=1S/C15H16O6/c1-18-12-7-9(8-13(19-2)14(12)20-3)21-15(17)10-5-4-6-11(10)16/h4,6-8,10H,5H2,1-3H3. The van der Waals surface area contributed by atoms with Gasteiger partial charge >= 0.3 is 5.97 Å². The number of carbonyl (C=O) groups excluding carboxylic acids is 2. The molecule has 21 heavy (non-hydrogen) atoms. The molecule has 0 fully saturated rings. The fourth-order valence-electron chi connectivity index (χ4n) is 2.07. The molecule has 0 saturated heterocycles. The van der Waals surface area contributed by atoms with Crippen LogP contribution in [0, 0.1) is 5.92 Å². The molecule has 0 heterocycles. The van der Waals surface area contributed by atoms with Crippen molar-refractivity contribution in [2.75, 3.05) is 21.3 Å². The summed E-state index contributed by atoms with van der Waals surface area (Å²) in [5.41, 5.74) is 0. The van der Waals surface area contributed by atoms with Gasteiger partial charge in [0.15, 0.2) is 17.3 Å². The predicted octanol–water partition coefficient (Wildman–Crippen LogP) is 1.76. The maximum absolute atomic E-state index is 12.0. The minimum absolute atomic E-state index is 0.231. The lowest BCUT2D eigenvalue weighted by molar-refractivity contribution is -0.142. The minimum atomic E-state index is -0.774. The number of allylic oxidation sites excluding steroid dienone is 2. The fraction of sp³-hybridized carbons (Fsp3) is 0.333. The van der Waals surface area contributed by atoms with Crippen LogP contribution in [0.5, 0.6) is 23.0 Å².